The van der Waals surface area contributed by atoms with E-state index in [1.165, 1.54) is 24.4 Å². The fraction of sp³-hybridized carbons (Fsp3) is 0.227. The first-order chi connectivity index (χ1) is 14.4. The zero-order chi connectivity index (χ0) is 21.7. The highest BCUT2D eigenvalue weighted by atomic mass is 32.2. The number of amidine groups is 1. The maximum absolute atomic E-state index is 12.3. The Morgan fingerprint density at radius 3 is 2.67 bits per heavy atom. The summed E-state index contributed by atoms with van der Waals surface area (Å²) in [6.07, 6.45) is 1.64. The van der Waals surface area contributed by atoms with Crippen molar-refractivity contribution in [2.24, 2.45) is 4.99 Å². The Balaban J connectivity index is 1.76. The number of carboxylic acid groups (broad SMARTS) is 1. The average Bonchev–Trinajstić information content (AvgIpc) is 3.04. The lowest BCUT2D eigenvalue weighted by Gasteiger charge is -2.10. The van der Waals surface area contributed by atoms with Crippen LogP contribution in [0.15, 0.2) is 46.3 Å². The predicted molar refractivity (Wildman–Crippen MR) is 117 cm³/mol. The Hall–Kier alpha value is -3.26. The van der Waals surface area contributed by atoms with Crippen molar-refractivity contribution in [3.8, 4) is 11.5 Å². The van der Waals surface area contributed by atoms with Gasteiger partial charge in [0.25, 0.3) is 5.91 Å². The molecule has 30 heavy (non-hydrogen) atoms. The Labute approximate surface area is 178 Å². The smallest absolute Gasteiger partial charge is 0.306 e. The standard InChI is InChI=1S/C22H22N2O5S/c1-13-4-6-16(10-14(13)2)23-22-24-21(27)19(30-22)12-15-5-7-17(18(11-15)28-3)29-9-8-20(25)26/h4-7,10-12H,8-9H2,1-3H3,(H,25,26)(H,23,24,27)/b19-12+. The number of ether oxygens (including phenoxy) is 2. The molecule has 2 aromatic rings. The van der Waals surface area contributed by atoms with Crippen LogP contribution in [-0.2, 0) is 9.59 Å². The number of aliphatic carboxylic acids is 1. The second-order valence-electron chi connectivity index (χ2n) is 6.65. The summed E-state index contributed by atoms with van der Waals surface area (Å²) >= 11 is 1.27. The van der Waals surface area contributed by atoms with E-state index in [1.54, 1.807) is 24.3 Å². The molecule has 0 saturated carbocycles. The summed E-state index contributed by atoms with van der Waals surface area (Å²) in [5.41, 5.74) is 3.86. The summed E-state index contributed by atoms with van der Waals surface area (Å²) in [7, 11) is 1.50. The summed E-state index contributed by atoms with van der Waals surface area (Å²) in [5, 5.41) is 12.0. The van der Waals surface area contributed by atoms with Gasteiger partial charge in [-0.25, -0.2) is 4.99 Å². The Kier molecular flexibility index (Phi) is 6.79. The third kappa shape index (κ3) is 5.42. The van der Waals surface area contributed by atoms with Gasteiger partial charge in [-0.15, -0.1) is 0 Å². The molecule has 7 nitrogen and oxygen atoms in total. The molecule has 1 amide bonds. The molecule has 0 unspecified atom stereocenters. The molecular formula is C22H22N2O5S. The van der Waals surface area contributed by atoms with Crippen LogP contribution in [0.2, 0.25) is 0 Å². The molecule has 1 aliphatic heterocycles. The van der Waals surface area contributed by atoms with Crippen molar-refractivity contribution in [3.63, 3.8) is 0 Å². The normalized spacial score (nSPS) is 16.0. The number of amides is 1. The molecule has 8 heteroatoms. The second-order valence-corrected chi connectivity index (χ2v) is 7.68. The molecule has 3 rings (SSSR count). The van der Waals surface area contributed by atoms with E-state index in [2.05, 4.69) is 10.3 Å². The van der Waals surface area contributed by atoms with Crippen LogP contribution in [0.25, 0.3) is 6.08 Å². The van der Waals surface area contributed by atoms with Gasteiger partial charge in [0.15, 0.2) is 16.7 Å². The van der Waals surface area contributed by atoms with Crippen molar-refractivity contribution in [3.05, 3.63) is 58.0 Å². The predicted octanol–water partition coefficient (Wildman–Crippen LogP) is 4.06. The van der Waals surface area contributed by atoms with Crippen molar-refractivity contribution in [2.45, 2.75) is 20.3 Å². The van der Waals surface area contributed by atoms with Crippen molar-refractivity contribution < 1.29 is 24.2 Å². The highest BCUT2D eigenvalue weighted by molar-refractivity contribution is 8.18. The van der Waals surface area contributed by atoms with Crippen molar-refractivity contribution in [1.82, 2.24) is 5.32 Å². The lowest BCUT2D eigenvalue weighted by molar-refractivity contribution is -0.137. The van der Waals surface area contributed by atoms with E-state index in [1.807, 2.05) is 32.0 Å². The minimum atomic E-state index is -0.933. The average molecular weight is 426 g/mol. The number of carbonyl (C=O) groups excluding carboxylic acids is 1. The van der Waals surface area contributed by atoms with E-state index in [-0.39, 0.29) is 18.9 Å². The number of nitrogens with zero attached hydrogens (tertiary/aromatic N) is 1. The summed E-state index contributed by atoms with van der Waals surface area (Å²) < 4.78 is 10.8. The van der Waals surface area contributed by atoms with Crippen molar-refractivity contribution >= 4 is 40.6 Å². The van der Waals surface area contributed by atoms with E-state index in [0.717, 1.165) is 16.8 Å². The van der Waals surface area contributed by atoms with Gasteiger partial charge in [-0.2, -0.15) is 0 Å². The van der Waals surface area contributed by atoms with Crippen LogP contribution in [0.1, 0.15) is 23.1 Å². The fourth-order valence-electron chi connectivity index (χ4n) is 2.69. The number of methoxy groups -OCH3 is 1. The second kappa shape index (κ2) is 9.49. The van der Waals surface area contributed by atoms with Gasteiger partial charge in [0.2, 0.25) is 0 Å². The fourth-order valence-corrected chi connectivity index (χ4v) is 3.53. The molecule has 2 N–H and O–H groups in total. The molecule has 156 valence electrons. The molecule has 1 aliphatic rings. The summed E-state index contributed by atoms with van der Waals surface area (Å²) in [6, 6.07) is 11.1. The van der Waals surface area contributed by atoms with E-state index >= 15 is 0 Å². The first-order valence-corrected chi connectivity index (χ1v) is 10.1. The quantitative estimate of drug-likeness (QED) is 0.648. The van der Waals surface area contributed by atoms with E-state index in [4.69, 9.17) is 14.6 Å². The monoisotopic (exact) mass is 426 g/mol. The summed E-state index contributed by atoms with van der Waals surface area (Å²) in [5.74, 6) is -0.246. The van der Waals surface area contributed by atoms with Gasteiger partial charge in [-0.05, 0) is 72.6 Å². The topological polar surface area (TPSA) is 97.2 Å². The zero-order valence-electron chi connectivity index (χ0n) is 16.9. The Morgan fingerprint density at radius 2 is 1.97 bits per heavy atom. The largest absolute Gasteiger partial charge is 0.493 e. The number of hydrogen-bond acceptors (Lipinski definition) is 6. The molecule has 1 heterocycles. The van der Waals surface area contributed by atoms with Crippen LogP contribution in [-0.4, -0.2) is 35.9 Å². The minimum Gasteiger partial charge on any atom is -0.493 e. The summed E-state index contributed by atoms with van der Waals surface area (Å²) in [4.78, 5) is 28.0. The van der Waals surface area contributed by atoms with Crippen LogP contribution >= 0.6 is 11.8 Å². The van der Waals surface area contributed by atoms with Gasteiger partial charge in [0.1, 0.15) is 0 Å². The first kappa shape index (κ1) is 21.4. The molecule has 0 spiro atoms. The Bertz CT molecular complexity index is 1050. The van der Waals surface area contributed by atoms with Crippen LogP contribution in [0.3, 0.4) is 0 Å². The number of thioether (sulfide) groups is 1. The number of rotatable bonds is 7. The SMILES string of the molecule is COc1cc(/C=C2/SC(=Nc3ccc(C)c(C)c3)NC2=O)ccc1OCCC(=O)O. The number of carboxylic acids is 1. The van der Waals surface area contributed by atoms with Gasteiger partial charge in [0.05, 0.1) is 30.7 Å². The van der Waals surface area contributed by atoms with Gasteiger partial charge in [-0.3, -0.25) is 9.59 Å². The van der Waals surface area contributed by atoms with Gasteiger partial charge in [-0.1, -0.05) is 12.1 Å². The van der Waals surface area contributed by atoms with Crippen LogP contribution in [0.4, 0.5) is 5.69 Å². The lowest BCUT2D eigenvalue weighted by atomic mass is 10.1. The van der Waals surface area contributed by atoms with Crippen LogP contribution in [0, 0.1) is 13.8 Å². The van der Waals surface area contributed by atoms with Crippen LogP contribution in [0.5, 0.6) is 11.5 Å². The van der Waals surface area contributed by atoms with Crippen molar-refractivity contribution in [2.75, 3.05) is 13.7 Å². The molecular weight excluding hydrogens is 404 g/mol. The molecule has 0 atom stereocenters. The van der Waals surface area contributed by atoms with E-state index in [0.29, 0.717) is 21.6 Å². The maximum Gasteiger partial charge on any atom is 0.306 e. The number of benzene rings is 2. The first-order valence-electron chi connectivity index (χ1n) is 9.25. The molecule has 2 aromatic carbocycles. The third-order valence-electron chi connectivity index (χ3n) is 4.43. The molecule has 0 radical (unpaired) electrons. The number of aryl methyl sites for hydroxylation is 2. The molecule has 0 bridgehead atoms. The molecule has 1 saturated heterocycles. The molecule has 0 aliphatic carbocycles. The minimum absolute atomic E-state index is 0.0443. The van der Waals surface area contributed by atoms with Gasteiger partial charge >= 0.3 is 5.97 Å². The third-order valence-corrected chi connectivity index (χ3v) is 5.34. The van der Waals surface area contributed by atoms with Gasteiger partial charge < -0.3 is 19.9 Å². The lowest BCUT2D eigenvalue weighted by Crippen LogP contribution is -2.19. The molecule has 1 fully saturated rings. The highest BCUT2D eigenvalue weighted by Gasteiger charge is 2.24. The van der Waals surface area contributed by atoms with E-state index in [9.17, 15) is 9.59 Å². The van der Waals surface area contributed by atoms with E-state index < -0.39 is 5.97 Å². The molecule has 0 aromatic heterocycles. The number of carbonyl (C=O) groups is 2. The maximum atomic E-state index is 12.3. The van der Waals surface area contributed by atoms with Crippen molar-refractivity contribution in [1.29, 1.82) is 0 Å². The van der Waals surface area contributed by atoms with Gasteiger partial charge in [0, 0.05) is 0 Å². The summed E-state index contributed by atoms with van der Waals surface area (Å²) in [6.45, 7) is 4.10. The zero-order valence-corrected chi connectivity index (χ0v) is 17.7. The number of hydrogen-bond donors (Lipinski definition) is 2. The number of nitrogens with one attached hydrogen (secondary N) is 1. The highest BCUT2D eigenvalue weighted by Crippen LogP contribution is 2.32. The Morgan fingerprint density at radius 1 is 1.17 bits per heavy atom. The van der Waals surface area contributed by atoms with Crippen LogP contribution < -0.4 is 14.8 Å². The number of aliphatic imine (C=N–C) groups is 1.